The van der Waals surface area contributed by atoms with Crippen molar-refractivity contribution in [1.82, 2.24) is 0 Å². The Kier molecular flexibility index (Phi) is 9.33. The van der Waals surface area contributed by atoms with E-state index in [1.54, 1.807) is 0 Å². The lowest BCUT2D eigenvalue weighted by molar-refractivity contribution is -0.149. The molecule has 0 aliphatic carbocycles. The van der Waals surface area contributed by atoms with E-state index in [1.165, 1.54) is 0 Å². The van der Waals surface area contributed by atoms with Crippen LogP contribution >= 0.6 is 0 Å². The summed E-state index contributed by atoms with van der Waals surface area (Å²) >= 11 is 3.33. The molecule has 5 nitrogen and oxygen atoms in total. The van der Waals surface area contributed by atoms with E-state index in [9.17, 15) is 9.59 Å². The summed E-state index contributed by atoms with van der Waals surface area (Å²) in [6.07, 6.45) is -0.559. The lowest BCUT2D eigenvalue weighted by Crippen LogP contribution is -2.07. The first-order valence-corrected chi connectivity index (χ1v) is 2.56. The second-order valence-corrected chi connectivity index (χ2v) is 1.15. The summed E-state index contributed by atoms with van der Waals surface area (Å²) in [5.74, 6) is -1.89. The number of rotatable bonds is 2. The van der Waals surface area contributed by atoms with Crippen molar-refractivity contribution >= 4 is 24.4 Å². The van der Waals surface area contributed by atoms with Gasteiger partial charge in [-0.05, 0) is 0 Å². The van der Waals surface area contributed by atoms with E-state index in [0.29, 0.717) is 0 Å². The maximum atomic E-state index is 10.0. The highest BCUT2D eigenvalue weighted by Crippen LogP contribution is 1.80. The fourth-order valence-electron chi connectivity index (χ4n) is 0.196. The van der Waals surface area contributed by atoms with E-state index in [-0.39, 0.29) is 0 Å². The number of carbonyl (C=O) groups excluding carboxylic acids is 1. The Hall–Kier alpha value is -1.04. The smallest absolute Gasteiger partial charge is 0.316 e. The summed E-state index contributed by atoms with van der Waals surface area (Å²) in [6.45, 7) is 0. The predicted octanol–water partition coefficient (Wildman–Crippen LogP) is -0.0702. The highest BCUT2D eigenvalue weighted by molar-refractivity contribution is 7.45. The molecule has 58 valence electrons. The number of carboxylic acids is 1. The number of hydrogen-bond donors (Lipinski definition) is 2. The van der Waals surface area contributed by atoms with Crippen molar-refractivity contribution in [2.75, 3.05) is 7.11 Å². The van der Waals surface area contributed by atoms with Gasteiger partial charge in [0, 0.05) is 12.4 Å². The number of hydrogen-bond acceptors (Lipinski definition) is 5. The van der Waals surface area contributed by atoms with Crippen molar-refractivity contribution in [3.63, 3.8) is 0 Å². The Morgan fingerprint density at radius 3 is 2.10 bits per heavy atom. The fraction of sp³-hybridized carbons (Fsp3) is 0.500. The molecule has 6 heteroatoms. The average molecular weight is 165 g/mol. The SMILES string of the molecule is COC(=O)CC(=O)O.N=S. The maximum absolute atomic E-state index is 10.0. The van der Waals surface area contributed by atoms with Crippen LogP contribution in [-0.4, -0.2) is 24.2 Å². The number of esters is 1. The maximum Gasteiger partial charge on any atom is 0.316 e. The van der Waals surface area contributed by atoms with E-state index < -0.39 is 18.4 Å². The molecule has 0 spiro atoms. The van der Waals surface area contributed by atoms with E-state index in [2.05, 4.69) is 17.2 Å². The van der Waals surface area contributed by atoms with Gasteiger partial charge in [0.15, 0.2) is 0 Å². The summed E-state index contributed by atoms with van der Waals surface area (Å²) in [4.78, 5) is 19.7. The number of carbonyl (C=O) groups is 2. The molecule has 0 aromatic rings. The normalized spacial score (nSPS) is 6.90. The third-order valence-corrected chi connectivity index (χ3v) is 0.523. The van der Waals surface area contributed by atoms with Crippen LogP contribution in [0.15, 0.2) is 0 Å². The first kappa shape index (κ1) is 11.7. The first-order valence-electron chi connectivity index (χ1n) is 2.16. The van der Waals surface area contributed by atoms with Gasteiger partial charge < -0.3 is 9.84 Å². The molecule has 0 fully saturated rings. The molecule has 0 bridgehead atoms. The van der Waals surface area contributed by atoms with Crippen LogP contribution in [-0.2, 0) is 26.8 Å². The highest BCUT2D eigenvalue weighted by Gasteiger charge is 2.04. The van der Waals surface area contributed by atoms with Crippen LogP contribution in [0.1, 0.15) is 6.42 Å². The van der Waals surface area contributed by atoms with Crippen molar-refractivity contribution in [2.24, 2.45) is 0 Å². The molecule has 0 aromatic heterocycles. The highest BCUT2D eigenvalue weighted by atomic mass is 32.1. The Morgan fingerprint density at radius 2 is 2.00 bits per heavy atom. The average Bonchev–Trinajstić information content (AvgIpc) is 1.91. The molecule has 0 saturated heterocycles. The van der Waals surface area contributed by atoms with E-state index in [1.807, 2.05) is 0 Å². The van der Waals surface area contributed by atoms with Crippen LogP contribution < -0.4 is 0 Å². The molecule has 0 aliphatic rings. The van der Waals surface area contributed by atoms with Crippen LogP contribution in [0.5, 0.6) is 0 Å². The summed E-state index contributed by atoms with van der Waals surface area (Å²) in [5, 5.41) is 7.91. The van der Waals surface area contributed by atoms with Crippen molar-refractivity contribution in [2.45, 2.75) is 6.42 Å². The van der Waals surface area contributed by atoms with Crippen LogP contribution in [0.4, 0.5) is 0 Å². The molecule has 0 unspecified atom stereocenters. The molecule has 0 rings (SSSR count). The number of methoxy groups -OCH3 is 1. The Balaban J connectivity index is 0. The Bertz CT molecular complexity index is 126. The van der Waals surface area contributed by atoms with E-state index in [0.717, 1.165) is 7.11 Å². The van der Waals surface area contributed by atoms with Crippen molar-refractivity contribution < 1.29 is 19.4 Å². The molecular formula is C4H7NO4S. The second kappa shape index (κ2) is 7.96. The van der Waals surface area contributed by atoms with Gasteiger partial charge in [-0.2, -0.15) is 0 Å². The minimum atomic E-state index is -1.17. The first-order chi connectivity index (χ1) is 4.66. The monoisotopic (exact) mass is 165 g/mol. The third-order valence-electron chi connectivity index (χ3n) is 0.523. The lowest BCUT2D eigenvalue weighted by Gasteiger charge is -1.90. The molecule has 0 aliphatic heterocycles. The Morgan fingerprint density at radius 1 is 1.60 bits per heavy atom. The van der Waals surface area contributed by atoms with Crippen LogP contribution in [0, 0.1) is 4.78 Å². The minimum absolute atomic E-state index is 0.559. The molecular weight excluding hydrogens is 158 g/mol. The summed E-state index contributed by atoms with van der Waals surface area (Å²) in [6, 6.07) is 0. The van der Waals surface area contributed by atoms with Gasteiger partial charge in [0.05, 0.1) is 7.11 Å². The van der Waals surface area contributed by atoms with Crippen LogP contribution in [0.25, 0.3) is 0 Å². The molecule has 0 atom stereocenters. The van der Waals surface area contributed by atoms with Crippen molar-refractivity contribution in [1.29, 1.82) is 4.78 Å². The summed E-state index contributed by atoms with van der Waals surface area (Å²) < 4.78 is 9.37. The van der Waals surface area contributed by atoms with Gasteiger partial charge >= 0.3 is 11.9 Å². The fourth-order valence-corrected chi connectivity index (χ4v) is 0.196. The second-order valence-electron chi connectivity index (χ2n) is 1.15. The summed E-state index contributed by atoms with van der Waals surface area (Å²) in [5.41, 5.74) is 0. The topological polar surface area (TPSA) is 87.5 Å². The number of nitrogens with one attached hydrogen (secondary N) is 1. The number of ether oxygens (including phenoxy) is 1. The standard InChI is InChI=1S/C4H6O4.HNS/c1-8-4(7)2-3(5)6;1-2/h2H2,1H3,(H,5,6);1H. The molecule has 0 amide bonds. The zero-order valence-electron chi connectivity index (χ0n) is 5.29. The zero-order chi connectivity index (χ0) is 8.57. The largest absolute Gasteiger partial charge is 0.481 e. The van der Waals surface area contributed by atoms with E-state index in [4.69, 9.17) is 9.89 Å². The van der Waals surface area contributed by atoms with Gasteiger partial charge in [0.2, 0.25) is 0 Å². The Labute approximate surface area is 63.0 Å². The molecule has 0 saturated carbocycles. The molecule has 0 radical (unpaired) electrons. The van der Waals surface area contributed by atoms with Crippen LogP contribution in [0.3, 0.4) is 0 Å². The van der Waals surface area contributed by atoms with Gasteiger partial charge in [0.1, 0.15) is 6.42 Å². The molecule has 0 heterocycles. The number of aliphatic carboxylic acids is 1. The third kappa shape index (κ3) is 10.0. The zero-order valence-corrected chi connectivity index (χ0v) is 6.10. The van der Waals surface area contributed by atoms with Crippen molar-refractivity contribution in [3.8, 4) is 0 Å². The van der Waals surface area contributed by atoms with Gasteiger partial charge in [0.25, 0.3) is 0 Å². The lowest BCUT2D eigenvalue weighted by atomic mass is 10.4. The van der Waals surface area contributed by atoms with E-state index >= 15 is 0 Å². The molecule has 10 heavy (non-hydrogen) atoms. The molecule has 0 aromatic carbocycles. The summed E-state index contributed by atoms with van der Waals surface area (Å²) in [7, 11) is 1.14. The number of carboxylic acid groups (broad SMARTS) is 1. The van der Waals surface area contributed by atoms with Gasteiger partial charge in [-0.3, -0.25) is 9.59 Å². The minimum Gasteiger partial charge on any atom is -0.481 e. The quantitative estimate of drug-likeness (QED) is 0.441. The van der Waals surface area contributed by atoms with Gasteiger partial charge in [-0.1, -0.05) is 0 Å². The van der Waals surface area contributed by atoms with Crippen LogP contribution in [0.2, 0.25) is 0 Å². The van der Waals surface area contributed by atoms with Gasteiger partial charge in [-0.25, -0.2) is 4.78 Å². The molecule has 2 N–H and O–H groups in total. The van der Waals surface area contributed by atoms with Crippen molar-refractivity contribution in [3.05, 3.63) is 0 Å². The van der Waals surface area contributed by atoms with Gasteiger partial charge in [-0.15, -0.1) is 0 Å². The predicted molar refractivity (Wildman–Crippen MR) is 34.4 cm³/mol.